The SMILES string of the molecule is Cc1ccc2nc3n(c(=O)c2c1)CC/C3=C\c1ccccc1. The minimum absolute atomic E-state index is 0.0696. The molecule has 3 heteroatoms. The standard InChI is InChI=1S/C19H16N2O/c1-13-7-8-17-16(11-13)19(22)21-10-9-15(18(21)20-17)12-14-5-3-2-4-6-14/h2-8,11-12H,9-10H2,1H3/b15-12+. The summed E-state index contributed by atoms with van der Waals surface area (Å²) in [5.41, 5.74) is 4.21. The van der Waals surface area contributed by atoms with Gasteiger partial charge in [-0.2, -0.15) is 0 Å². The third kappa shape index (κ3) is 2.06. The largest absolute Gasteiger partial charge is 0.292 e. The Labute approximate surface area is 128 Å². The second kappa shape index (κ2) is 4.95. The fourth-order valence-corrected chi connectivity index (χ4v) is 3.02. The van der Waals surface area contributed by atoms with Crippen LogP contribution in [0.4, 0.5) is 0 Å². The lowest BCUT2D eigenvalue weighted by atomic mass is 10.1. The number of nitrogens with zero attached hydrogens (tertiary/aromatic N) is 2. The number of aryl methyl sites for hydroxylation is 1. The number of benzene rings is 2. The van der Waals surface area contributed by atoms with Crippen LogP contribution in [0, 0.1) is 6.92 Å². The van der Waals surface area contributed by atoms with Crippen LogP contribution < -0.4 is 5.56 Å². The average molecular weight is 288 g/mol. The molecule has 0 fully saturated rings. The first-order valence-electron chi connectivity index (χ1n) is 7.49. The van der Waals surface area contributed by atoms with E-state index in [9.17, 15) is 4.79 Å². The molecule has 0 radical (unpaired) electrons. The van der Waals surface area contributed by atoms with Crippen molar-refractivity contribution in [2.45, 2.75) is 19.9 Å². The predicted octanol–water partition coefficient (Wildman–Crippen LogP) is 3.65. The molecule has 0 aliphatic carbocycles. The molecule has 1 aliphatic rings. The maximum Gasteiger partial charge on any atom is 0.261 e. The molecule has 2 aromatic carbocycles. The van der Waals surface area contributed by atoms with E-state index in [0.717, 1.165) is 34.5 Å². The van der Waals surface area contributed by atoms with E-state index in [2.05, 4.69) is 18.2 Å². The maximum atomic E-state index is 12.7. The van der Waals surface area contributed by atoms with Gasteiger partial charge in [-0.05, 0) is 42.7 Å². The van der Waals surface area contributed by atoms with Crippen molar-refractivity contribution < 1.29 is 0 Å². The summed E-state index contributed by atoms with van der Waals surface area (Å²) in [5.74, 6) is 0.810. The van der Waals surface area contributed by atoms with E-state index in [4.69, 9.17) is 4.98 Å². The highest BCUT2D eigenvalue weighted by molar-refractivity contribution is 5.85. The quantitative estimate of drug-likeness (QED) is 0.685. The van der Waals surface area contributed by atoms with Crippen LogP contribution in [0.15, 0.2) is 53.3 Å². The Bertz CT molecular complexity index is 952. The molecule has 0 saturated heterocycles. The Morgan fingerprint density at radius 3 is 2.77 bits per heavy atom. The zero-order chi connectivity index (χ0) is 15.1. The van der Waals surface area contributed by atoms with Crippen molar-refractivity contribution in [1.82, 2.24) is 9.55 Å². The van der Waals surface area contributed by atoms with Crippen LogP contribution in [0.5, 0.6) is 0 Å². The number of aromatic nitrogens is 2. The van der Waals surface area contributed by atoms with Crippen molar-refractivity contribution >= 4 is 22.6 Å². The van der Waals surface area contributed by atoms with Crippen LogP contribution in [0.25, 0.3) is 22.6 Å². The molecule has 0 saturated carbocycles. The van der Waals surface area contributed by atoms with E-state index >= 15 is 0 Å². The minimum Gasteiger partial charge on any atom is -0.292 e. The molecule has 22 heavy (non-hydrogen) atoms. The minimum atomic E-state index is 0.0696. The van der Waals surface area contributed by atoms with Crippen LogP contribution in [0.3, 0.4) is 0 Å². The highest BCUT2D eigenvalue weighted by atomic mass is 16.1. The van der Waals surface area contributed by atoms with Crippen molar-refractivity contribution in [3.05, 3.63) is 75.8 Å². The van der Waals surface area contributed by atoms with Gasteiger partial charge in [-0.1, -0.05) is 42.0 Å². The molecular formula is C19H16N2O. The topological polar surface area (TPSA) is 34.9 Å². The first-order valence-corrected chi connectivity index (χ1v) is 7.49. The third-order valence-electron chi connectivity index (χ3n) is 4.14. The molecule has 0 N–H and O–H groups in total. The van der Waals surface area contributed by atoms with Gasteiger partial charge >= 0.3 is 0 Å². The maximum absolute atomic E-state index is 12.7. The van der Waals surface area contributed by atoms with Gasteiger partial charge in [0.15, 0.2) is 0 Å². The molecule has 0 spiro atoms. The van der Waals surface area contributed by atoms with Crippen LogP contribution in [0.2, 0.25) is 0 Å². The summed E-state index contributed by atoms with van der Waals surface area (Å²) in [6.07, 6.45) is 2.98. The Kier molecular flexibility index (Phi) is 2.93. The monoisotopic (exact) mass is 288 g/mol. The molecule has 108 valence electrons. The summed E-state index contributed by atoms with van der Waals surface area (Å²) in [7, 11) is 0. The van der Waals surface area contributed by atoms with Crippen molar-refractivity contribution in [2.24, 2.45) is 0 Å². The first-order chi connectivity index (χ1) is 10.7. The van der Waals surface area contributed by atoms with E-state index in [-0.39, 0.29) is 5.56 Å². The fourth-order valence-electron chi connectivity index (χ4n) is 3.02. The van der Waals surface area contributed by atoms with Gasteiger partial charge in [-0.15, -0.1) is 0 Å². The second-order valence-corrected chi connectivity index (χ2v) is 5.74. The lowest BCUT2D eigenvalue weighted by Gasteiger charge is -2.06. The van der Waals surface area contributed by atoms with Gasteiger partial charge in [0.25, 0.3) is 5.56 Å². The first kappa shape index (κ1) is 13.0. The smallest absolute Gasteiger partial charge is 0.261 e. The lowest BCUT2D eigenvalue weighted by molar-refractivity contribution is 0.725. The number of allylic oxidation sites excluding steroid dienone is 1. The van der Waals surface area contributed by atoms with Gasteiger partial charge in [-0.3, -0.25) is 9.36 Å². The van der Waals surface area contributed by atoms with Gasteiger partial charge in [0.05, 0.1) is 10.9 Å². The molecule has 3 nitrogen and oxygen atoms in total. The van der Waals surface area contributed by atoms with E-state index in [0.29, 0.717) is 11.9 Å². The molecule has 0 bridgehead atoms. The van der Waals surface area contributed by atoms with Gasteiger partial charge < -0.3 is 0 Å². The van der Waals surface area contributed by atoms with Gasteiger partial charge in [-0.25, -0.2) is 4.98 Å². The molecule has 4 rings (SSSR count). The Morgan fingerprint density at radius 1 is 1.14 bits per heavy atom. The van der Waals surface area contributed by atoms with Gasteiger partial charge in [0, 0.05) is 6.54 Å². The molecular weight excluding hydrogens is 272 g/mol. The summed E-state index contributed by atoms with van der Waals surface area (Å²) >= 11 is 0. The van der Waals surface area contributed by atoms with E-state index in [1.165, 1.54) is 0 Å². The molecule has 0 amide bonds. The van der Waals surface area contributed by atoms with Crippen molar-refractivity contribution in [1.29, 1.82) is 0 Å². The fraction of sp³-hybridized carbons (Fsp3) is 0.158. The summed E-state index contributed by atoms with van der Waals surface area (Å²) in [6.45, 7) is 2.71. The van der Waals surface area contributed by atoms with Crippen molar-refractivity contribution in [3.63, 3.8) is 0 Å². The third-order valence-corrected chi connectivity index (χ3v) is 4.14. The summed E-state index contributed by atoms with van der Waals surface area (Å²) < 4.78 is 1.80. The molecule has 0 atom stereocenters. The van der Waals surface area contributed by atoms with Crippen LogP contribution in [-0.2, 0) is 6.54 Å². The summed E-state index contributed by atoms with van der Waals surface area (Å²) in [5, 5.41) is 0.713. The lowest BCUT2D eigenvalue weighted by Crippen LogP contribution is -2.20. The van der Waals surface area contributed by atoms with Crippen molar-refractivity contribution in [2.75, 3.05) is 0 Å². The highest BCUT2D eigenvalue weighted by Gasteiger charge is 2.20. The molecule has 3 aromatic rings. The Balaban J connectivity index is 1.92. The number of fused-ring (bicyclic) bond motifs is 2. The van der Waals surface area contributed by atoms with Crippen molar-refractivity contribution in [3.8, 4) is 0 Å². The van der Waals surface area contributed by atoms with Crippen LogP contribution in [-0.4, -0.2) is 9.55 Å². The summed E-state index contributed by atoms with van der Waals surface area (Å²) in [4.78, 5) is 17.4. The zero-order valence-electron chi connectivity index (χ0n) is 12.4. The highest BCUT2D eigenvalue weighted by Crippen LogP contribution is 2.27. The number of rotatable bonds is 1. The van der Waals surface area contributed by atoms with E-state index in [1.54, 1.807) is 4.57 Å². The zero-order valence-corrected chi connectivity index (χ0v) is 12.4. The van der Waals surface area contributed by atoms with Crippen LogP contribution in [0.1, 0.15) is 23.4 Å². The predicted molar refractivity (Wildman–Crippen MR) is 89.7 cm³/mol. The van der Waals surface area contributed by atoms with E-state index < -0.39 is 0 Å². The molecule has 1 aliphatic heterocycles. The normalized spacial score (nSPS) is 15.4. The van der Waals surface area contributed by atoms with Gasteiger partial charge in [0.1, 0.15) is 5.82 Å². The molecule has 1 aromatic heterocycles. The summed E-state index contributed by atoms with van der Waals surface area (Å²) in [6, 6.07) is 16.0. The Morgan fingerprint density at radius 2 is 1.95 bits per heavy atom. The molecule has 0 unspecified atom stereocenters. The van der Waals surface area contributed by atoms with Crippen LogP contribution >= 0.6 is 0 Å². The second-order valence-electron chi connectivity index (χ2n) is 5.74. The Hall–Kier alpha value is -2.68. The number of hydrogen-bond acceptors (Lipinski definition) is 2. The van der Waals surface area contributed by atoms with E-state index in [1.807, 2.05) is 43.3 Å². The average Bonchev–Trinajstić information content (AvgIpc) is 2.93. The molecule has 2 heterocycles. The van der Waals surface area contributed by atoms with Gasteiger partial charge in [0.2, 0.25) is 0 Å². The number of hydrogen-bond donors (Lipinski definition) is 0.